The van der Waals surface area contributed by atoms with Crippen LogP contribution in [0.15, 0.2) is 0 Å². The van der Waals surface area contributed by atoms with E-state index in [1.165, 1.54) is 51.4 Å². The smallest absolute Gasteiger partial charge is 0.450 e. The molecule has 0 unspecified atom stereocenters. The number of carbonyl (C=O) groups is 1. The summed E-state index contributed by atoms with van der Waals surface area (Å²) in [6.45, 7) is 6.16. The van der Waals surface area contributed by atoms with Crippen LogP contribution < -0.4 is 0 Å². The molecule has 0 bridgehead atoms. The molecule has 10 heteroatoms. The highest BCUT2D eigenvalue weighted by atomic mass is 32.1. The standard InChI is InChI=1S/C24H48O9S/c25-24(26)33-22-21-32-20-19-31-18-17-30-16-15-29-14-13-28-12-11-27-10-8-6-4-2-1-3-5-7-9-23-34/h34H,1-23H2,(H,25,26). The van der Waals surface area contributed by atoms with E-state index in [1.807, 2.05) is 0 Å². The summed E-state index contributed by atoms with van der Waals surface area (Å²) in [6.07, 6.45) is 10.4. The third-order valence-corrected chi connectivity index (χ3v) is 5.08. The summed E-state index contributed by atoms with van der Waals surface area (Å²) >= 11 is 4.24. The van der Waals surface area contributed by atoms with E-state index in [-0.39, 0.29) is 13.2 Å². The van der Waals surface area contributed by atoms with Gasteiger partial charge in [-0.2, -0.15) is 12.6 Å². The van der Waals surface area contributed by atoms with E-state index in [4.69, 9.17) is 33.5 Å². The van der Waals surface area contributed by atoms with Gasteiger partial charge in [-0.15, -0.1) is 0 Å². The minimum absolute atomic E-state index is 0.0231. The molecule has 0 fully saturated rings. The zero-order valence-corrected chi connectivity index (χ0v) is 21.8. The predicted molar refractivity (Wildman–Crippen MR) is 134 cm³/mol. The Bertz CT molecular complexity index is 403. The summed E-state index contributed by atoms with van der Waals surface area (Å²) in [5.41, 5.74) is 0. The Hall–Kier alpha value is -0.620. The van der Waals surface area contributed by atoms with E-state index < -0.39 is 6.16 Å². The lowest BCUT2D eigenvalue weighted by atomic mass is 10.1. The van der Waals surface area contributed by atoms with Gasteiger partial charge in [-0.05, 0) is 18.6 Å². The molecule has 34 heavy (non-hydrogen) atoms. The van der Waals surface area contributed by atoms with Gasteiger partial charge in [-0.3, -0.25) is 0 Å². The summed E-state index contributed by atoms with van der Waals surface area (Å²) < 4.78 is 36.7. The van der Waals surface area contributed by atoms with Crippen molar-refractivity contribution in [3.8, 4) is 0 Å². The van der Waals surface area contributed by atoms with Crippen LogP contribution in [0.5, 0.6) is 0 Å². The van der Waals surface area contributed by atoms with Crippen LogP contribution >= 0.6 is 12.6 Å². The zero-order valence-electron chi connectivity index (χ0n) is 20.9. The van der Waals surface area contributed by atoms with Gasteiger partial charge in [-0.25, -0.2) is 4.79 Å². The topological polar surface area (TPSA) is 102 Å². The Morgan fingerprint density at radius 2 is 0.735 bits per heavy atom. The zero-order chi connectivity index (χ0) is 24.8. The van der Waals surface area contributed by atoms with Crippen LogP contribution in [0.25, 0.3) is 0 Å². The lowest BCUT2D eigenvalue weighted by Crippen LogP contribution is -2.15. The summed E-state index contributed by atoms with van der Waals surface area (Å²) in [5, 5.41) is 8.28. The first kappa shape index (κ1) is 33.4. The van der Waals surface area contributed by atoms with Crippen molar-refractivity contribution in [1.82, 2.24) is 0 Å². The molecule has 0 amide bonds. The third-order valence-electron chi connectivity index (χ3n) is 4.76. The van der Waals surface area contributed by atoms with Gasteiger partial charge in [0.05, 0.1) is 72.7 Å². The number of carboxylic acid groups (broad SMARTS) is 1. The highest BCUT2D eigenvalue weighted by Crippen LogP contribution is 2.10. The van der Waals surface area contributed by atoms with Crippen LogP contribution in [-0.2, 0) is 33.2 Å². The Balaban J connectivity index is 3.01. The third kappa shape index (κ3) is 31.4. The van der Waals surface area contributed by atoms with Crippen molar-refractivity contribution in [3.63, 3.8) is 0 Å². The average molecular weight is 513 g/mol. The molecule has 1 N–H and O–H groups in total. The molecule has 0 spiro atoms. The SMILES string of the molecule is O=C(O)OCCOCCOCCOCCOCCOCCOCCCCCCCCCCCS. The van der Waals surface area contributed by atoms with E-state index in [2.05, 4.69) is 17.4 Å². The second-order valence-electron chi connectivity index (χ2n) is 7.69. The van der Waals surface area contributed by atoms with Gasteiger partial charge >= 0.3 is 6.16 Å². The fourth-order valence-electron chi connectivity index (χ4n) is 2.94. The van der Waals surface area contributed by atoms with Crippen LogP contribution in [0.2, 0.25) is 0 Å². The average Bonchev–Trinajstić information content (AvgIpc) is 2.83. The van der Waals surface area contributed by atoms with Crippen LogP contribution in [0.3, 0.4) is 0 Å². The Labute approximate surface area is 211 Å². The maximum absolute atomic E-state index is 10.1. The van der Waals surface area contributed by atoms with Crippen molar-refractivity contribution in [2.45, 2.75) is 57.8 Å². The Kier molecular flexibility index (Phi) is 29.9. The van der Waals surface area contributed by atoms with Crippen molar-refractivity contribution in [1.29, 1.82) is 0 Å². The molecule has 0 heterocycles. The number of hydrogen-bond donors (Lipinski definition) is 2. The summed E-state index contributed by atoms with van der Waals surface area (Å²) in [5.74, 6) is 1.02. The number of unbranched alkanes of at least 4 members (excludes halogenated alkanes) is 8. The van der Waals surface area contributed by atoms with E-state index >= 15 is 0 Å². The molecular formula is C24H48O9S. The molecule has 0 saturated carbocycles. The van der Waals surface area contributed by atoms with Crippen molar-refractivity contribution >= 4 is 18.8 Å². The van der Waals surface area contributed by atoms with Crippen LogP contribution in [0, 0.1) is 0 Å². The first-order chi connectivity index (χ1) is 16.8. The van der Waals surface area contributed by atoms with Crippen molar-refractivity contribution in [2.75, 3.05) is 91.6 Å². The lowest BCUT2D eigenvalue weighted by Gasteiger charge is -2.08. The van der Waals surface area contributed by atoms with Gasteiger partial charge in [0.2, 0.25) is 0 Å². The second kappa shape index (κ2) is 30.4. The molecular weight excluding hydrogens is 464 g/mol. The quantitative estimate of drug-likeness (QED) is 0.0866. The molecule has 0 aliphatic carbocycles. The molecule has 0 aromatic heterocycles. The van der Waals surface area contributed by atoms with E-state index in [1.54, 1.807) is 0 Å². The maximum atomic E-state index is 10.1. The Morgan fingerprint density at radius 1 is 0.441 bits per heavy atom. The monoisotopic (exact) mass is 512 g/mol. The van der Waals surface area contributed by atoms with Gasteiger partial charge in [0.1, 0.15) is 6.61 Å². The highest BCUT2D eigenvalue weighted by molar-refractivity contribution is 7.80. The van der Waals surface area contributed by atoms with E-state index in [0.29, 0.717) is 66.1 Å². The maximum Gasteiger partial charge on any atom is 0.505 e. The van der Waals surface area contributed by atoms with Gasteiger partial charge in [0.25, 0.3) is 0 Å². The number of ether oxygens (including phenoxy) is 7. The molecule has 9 nitrogen and oxygen atoms in total. The molecule has 0 rings (SSSR count). The van der Waals surface area contributed by atoms with Gasteiger partial charge in [0, 0.05) is 6.61 Å². The first-order valence-electron chi connectivity index (χ1n) is 12.7. The molecule has 0 aromatic rings. The largest absolute Gasteiger partial charge is 0.505 e. The number of rotatable bonds is 29. The number of hydrogen-bond acceptors (Lipinski definition) is 9. The summed E-state index contributed by atoms with van der Waals surface area (Å²) in [6, 6.07) is 0. The summed E-state index contributed by atoms with van der Waals surface area (Å²) in [7, 11) is 0. The highest BCUT2D eigenvalue weighted by Gasteiger charge is 1.97. The normalized spacial score (nSPS) is 11.2. The number of thiol groups is 1. The molecule has 0 saturated heterocycles. The predicted octanol–water partition coefficient (Wildman–Crippen LogP) is 4.22. The minimum Gasteiger partial charge on any atom is -0.450 e. The molecule has 0 aromatic carbocycles. The first-order valence-corrected chi connectivity index (χ1v) is 13.3. The van der Waals surface area contributed by atoms with Gasteiger partial charge in [-0.1, -0.05) is 44.9 Å². The van der Waals surface area contributed by atoms with Crippen LogP contribution in [-0.4, -0.2) is 103 Å². The Morgan fingerprint density at radius 3 is 1.09 bits per heavy atom. The van der Waals surface area contributed by atoms with Crippen LogP contribution in [0.4, 0.5) is 4.79 Å². The molecule has 0 radical (unpaired) electrons. The van der Waals surface area contributed by atoms with Crippen molar-refractivity contribution < 1.29 is 43.1 Å². The second-order valence-corrected chi connectivity index (χ2v) is 8.14. The van der Waals surface area contributed by atoms with Crippen molar-refractivity contribution in [2.24, 2.45) is 0 Å². The van der Waals surface area contributed by atoms with Crippen molar-refractivity contribution in [3.05, 3.63) is 0 Å². The van der Waals surface area contributed by atoms with Crippen LogP contribution in [0.1, 0.15) is 57.8 Å². The lowest BCUT2D eigenvalue weighted by molar-refractivity contribution is -0.0194. The summed E-state index contributed by atoms with van der Waals surface area (Å²) in [4.78, 5) is 10.1. The molecule has 0 aliphatic heterocycles. The molecule has 0 aliphatic rings. The van der Waals surface area contributed by atoms with E-state index in [0.717, 1.165) is 18.8 Å². The van der Waals surface area contributed by atoms with Gasteiger partial charge in [0.15, 0.2) is 0 Å². The molecule has 0 atom stereocenters. The minimum atomic E-state index is -1.30. The van der Waals surface area contributed by atoms with E-state index in [9.17, 15) is 4.79 Å². The fourth-order valence-corrected chi connectivity index (χ4v) is 3.17. The fraction of sp³-hybridized carbons (Fsp3) is 0.958. The molecule has 204 valence electrons. The van der Waals surface area contributed by atoms with Gasteiger partial charge < -0.3 is 38.3 Å².